The van der Waals surface area contributed by atoms with Gasteiger partial charge in [-0.25, -0.2) is 0 Å². The minimum atomic E-state index is -3.38. The molecule has 1 heterocycles. The zero-order chi connectivity index (χ0) is 13.2. The van der Waals surface area contributed by atoms with Crippen molar-refractivity contribution < 1.29 is 8.42 Å². The standard InChI is InChI=1S/C12H17ClN2O2S/c1-10(11-5-4-6-12(13)9-11)14-18(16,17)15-7-2-3-8-15/h4-6,9-10,14H,2-3,7-8H2,1H3. The normalized spacial score (nSPS) is 19.0. The van der Waals surface area contributed by atoms with Crippen LogP contribution in [0.2, 0.25) is 5.02 Å². The molecule has 1 saturated heterocycles. The summed E-state index contributed by atoms with van der Waals surface area (Å²) in [6.45, 7) is 3.04. The Hall–Kier alpha value is -0.620. The topological polar surface area (TPSA) is 49.4 Å². The van der Waals surface area contributed by atoms with Crippen LogP contribution >= 0.6 is 11.6 Å². The zero-order valence-electron chi connectivity index (χ0n) is 10.3. The van der Waals surface area contributed by atoms with E-state index in [1.807, 2.05) is 19.1 Å². The van der Waals surface area contributed by atoms with Crippen LogP contribution in [0.15, 0.2) is 24.3 Å². The van der Waals surface area contributed by atoms with Crippen molar-refractivity contribution in [1.82, 2.24) is 9.03 Å². The highest BCUT2D eigenvalue weighted by Crippen LogP contribution is 2.20. The van der Waals surface area contributed by atoms with Crippen LogP contribution in [-0.2, 0) is 10.2 Å². The first-order valence-electron chi connectivity index (χ1n) is 6.02. The van der Waals surface area contributed by atoms with Crippen molar-refractivity contribution in [2.24, 2.45) is 0 Å². The predicted molar refractivity (Wildman–Crippen MR) is 72.7 cm³/mol. The number of halogens is 1. The van der Waals surface area contributed by atoms with Crippen molar-refractivity contribution in [2.75, 3.05) is 13.1 Å². The molecule has 1 fully saturated rings. The maximum Gasteiger partial charge on any atom is 0.279 e. The lowest BCUT2D eigenvalue weighted by atomic mass is 10.1. The Kier molecular flexibility index (Phi) is 4.27. The van der Waals surface area contributed by atoms with E-state index in [0.29, 0.717) is 18.1 Å². The molecule has 2 rings (SSSR count). The SMILES string of the molecule is CC(NS(=O)(=O)N1CCCC1)c1cccc(Cl)c1. The summed E-state index contributed by atoms with van der Waals surface area (Å²) in [4.78, 5) is 0. The zero-order valence-corrected chi connectivity index (χ0v) is 11.8. The quantitative estimate of drug-likeness (QED) is 0.924. The van der Waals surface area contributed by atoms with Gasteiger partial charge < -0.3 is 0 Å². The first-order valence-corrected chi connectivity index (χ1v) is 7.84. The van der Waals surface area contributed by atoms with Crippen LogP contribution in [-0.4, -0.2) is 25.8 Å². The Labute approximate surface area is 113 Å². The first kappa shape index (κ1) is 13.8. The van der Waals surface area contributed by atoms with Gasteiger partial charge >= 0.3 is 0 Å². The van der Waals surface area contributed by atoms with Crippen molar-refractivity contribution >= 4 is 21.8 Å². The fraction of sp³-hybridized carbons (Fsp3) is 0.500. The molecule has 1 aliphatic heterocycles. The molecule has 1 aromatic rings. The third kappa shape index (κ3) is 3.23. The minimum absolute atomic E-state index is 0.283. The number of hydrogen-bond donors (Lipinski definition) is 1. The van der Waals surface area contributed by atoms with E-state index in [0.717, 1.165) is 18.4 Å². The highest BCUT2D eigenvalue weighted by atomic mass is 35.5. The van der Waals surface area contributed by atoms with Gasteiger partial charge in [-0.3, -0.25) is 0 Å². The summed E-state index contributed by atoms with van der Waals surface area (Å²) < 4.78 is 28.3. The summed E-state index contributed by atoms with van der Waals surface area (Å²) in [5.41, 5.74) is 0.866. The van der Waals surface area contributed by atoms with E-state index in [4.69, 9.17) is 11.6 Å². The van der Waals surface area contributed by atoms with E-state index in [-0.39, 0.29) is 6.04 Å². The second kappa shape index (κ2) is 5.57. The Morgan fingerprint density at radius 2 is 2.00 bits per heavy atom. The molecule has 1 aliphatic rings. The van der Waals surface area contributed by atoms with Gasteiger partial charge in [0.2, 0.25) is 0 Å². The van der Waals surface area contributed by atoms with Crippen LogP contribution in [0.1, 0.15) is 31.4 Å². The molecule has 100 valence electrons. The van der Waals surface area contributed by atoms with Gasteiger partial charge in [-0.15, -0.1) is 0 Å². The summed E-state index contributed by atoms with van der Waals surface area (Å²) in [6, 6.07) is 6.95. The molecular formula is C12H17ClN2O2S. The smallest absolute Gasteiger partial charge is 0.195 e. The monoisotopic (exact) mass is 288 g/mol. The van der Waals surface area contributed by atoms with E-state index >= 15 is 0 Å². The Morgan fingerprint density at radius 1 is 1.33 bits per heavy atom. The van der Waals surface area contributed by atoms with Crippen LogP contribution in [0.4, 0.5) is 0 Å². The number of hydrogen-bond acceptors (Lipinski definition) is 2. The van der Waals surface area contributed by atoms with Crippen LogP contribution in [0.25, 0.3) is 0 Å². The predicted octanol–water partition coefficient (Wildman–Crippen LogP) is 2.33. The lowest BCUT2D eigenvalue weighted by Crippen LogP contribution is -2.40. The summed E-state index contributed by atoms with van der Waals surface area (Å²) in [7, 11) is -3.38. The number of benzene rings is 1. The van der Waals surface area contributed by atoms with Crippen LogP contribution in [0.5, 0.6) is 0 Å². The molecule has 4 nitrogen and oxygen atoms in total. The Balaban J connectivity index is 2.09. The fourth-order valence-corrected chi connectivity index (χ4v) is 3.74. The van der Waals surface area contributed by atoms with Gasteiger partial charge in [0.05, 0.1) is 0 Å². The average Bonchev–Trinajstić information content (AvgIpc) is 2.82. The van der Waals surface area contributed by atoms with Gasteiger partial charge in [0.25, 0.3) is 10.2 Å². The van der Waals surface area contributed by atoms with Crippen LogP contribution in [0.3, 0.4) is 0 Å². The van der Waals surface area contributed by atoms with E-state index in [9.17, 15) is 8.42 Å². The molecule has 0 saturated carbocycles. The molecule has 1 atom stereocenters. The van der Waals surface area contributed by atoms with Gasteiger partial charge in [0.15, 0.2) is 0 Å². The third-order valence-electron chi connectivity index (χ3n) is 3.08. The van der Waals surface area contributed by atoms with Gasteiger partial charge in [-0.2, -0.15) is 17.4 Å². The Bertz CT molecular complexity index is 513. The number of nitrogens with zero attached hydrogens (tertiary/aromatic N) is 1. The molecule has 1 N–H and O–H groups in total. The molecule has 1 aromatic carbocycles. The molecule has 1 unspecified atom stereocenters. The van der Waals surface area contributed by atoms with Gasteiger partial charge in [-0.05, 0) is 37.5 Å². The molecule has 0 radical (unpaired) electrons. The van der Waals surface area contributed by atoms with Gasteiger partial charge in [0.1, 0.15) is 0 Å². The lowest BCUT2D eigenvalue weighted by molar-refractivity contribution is 0.457. The molecule has 0 aromatic heterocycles. The molecular weight excluding hydrogens is 272 g/mol. The van der Waals surface area contributed by atoms with E-state index in [1.165, 1.54) is 4.31 Å². The third-order valence-corrected chi connectivity index (χ3v) is 5.01. The van der Waals surface area contributed by atoms with E-state index < -0.39 is 10.2 Å². The fourth-order valence-electron chi connectivity index (χ4n) is 2.07. The van der Waals surface area contributed by atoms with Crippen molar-refractivity contribution in [3.05, 3.63) is 34.9 Å². The molecule has 0 spiro atoms. The lowest BCUT2D eigenvalue weighted by Gasteiger charge is -2.20. The first-order chi connectivity index (χ1) is 8.49. The van der Waals surface area contributed by atoms with Crippen LogP contribution < -0.4 is 4.72 Å². The Morgan fingerprint density at radius 3 is 2.61 bits per heavy atom. The van der Waals surface area contributed by atoms with Crippen molar-refractivity contribution in [1.29, 1.82) is 0 Å². The van der Waals surface area contributed by atoms with Gasteiger partial charge in [-0.1, -0.05) is 23.7 Å². The van der Waals surface area contributed by atoms with Crippen molar-refractivity contribution in [2.45, 2.75) is 25.8 Å². The average molecular weight is 289 g/mol. The summed E-state index contributed by atoms with van der Waals surface area (Å²) in [5.74, 6) is 0. The summed E-state index contributed by atoms with van der Waals surface area (Å²) >= 11 is 5.90. The summed E-state index contributed by atoms with van der Waals surface area (Å²) in [6.07, 6.45) is 1.87. The van der Waals surface area contributed by atoms with Gasteiger partial charge in [0, 0.05) is 24.2 Å². The maximum absolute atomic E-state index is 12.1. The van der Waals surface area contributed by atoms with E-state index in [2.05, 4.69) is 4.72 Å². The second-order valence-electron chi connectivity index (χ2n) is 4.51. The molecule has 18 heavy (non-hydrogen) atoms. The van der Waals surface area contributed by atoms with Crippen molar-refractivity contribution in [3.8, 4) is 0 Å². The van der Waals surface area contributed by atoms with Crippen LogP contribution in [0, 0.1) is 0 Å². The second-order valence-corrected chi connectivity index (χ2v) is 6.64. The number of nitrogens with one attached hydrogen (secondary N) is 1. The van der Waals surface area contributed by atoms with Crippen molar-refractivity contribution in [3.63, 3.8) is 0 Å². The molecule has 0 aliphatic carbocycles. The summed E-state index contributed by atoms with van der Waals surface area (Å²) in [5, 5.41) is 0.611. The largest absolute Gasteiger partial charge is 0.279 e. The molecule has 0 bridgehead atoms. The highest BCUT2D eigenvalue weighted by Gasteiger charge is 2.26. The van der Waals surface area contributed by atoms with E-state index in [1.54, 1.807) is 12.1 Å². The number of rotatable bonds is 4. The minimum Gasteiger partial charge on any atom is -0.195 e. The maximum atomic E-state index is 12.1. The molecule has 0 amide bonds. The highest BCUT2D eigenvalue weighted by molar-refractivity contribution is 7.87. The molecule has 6 heteroatoms.